The second-order valence-corrected chi connectivity index (χ2v) is 54.3. The summed E-state index contributed by atoms with van der Waals surface area (Å²) in [6.07, 6.45) is -15.7. The number of fused-ring (bicyclic) bond motifs is 5. The van der Waals surface area contributed by atoms with Gasteiger partial charge in [-0.1, -0.05) is 6.92 Å². The highest BCUT2D eigenvalue weighted by atomic mass is 32.5. The molecular formula is C72H93N30O34P7S7. The molecule has 12 aromatic heterocycles. The number of rotatable bonds is 41. The van der Waals surface area contributed by atoms with E-state index in [1.54, 1.807) is 13.8 Å². The second-order valence-electron chi connectivity index (χ2n) is 34.7. The Hall–Kier alpha value is -8.06. The van der Waals surface area contributed by atoms with Crippen LogP contribution in [0.3, 0.4) is 0 Å². The van der Waals surface area contributed by atoms with Gasteiger partial charge in [0.1, 0.15) is 110 Å². The van der Waals surface area contributed by atoms with E-state index in [2.05, 4.69) is 84.7 Å². The summed E-state index contributed by atoms with van der Waals surface area (Å²) in [7, 11) is 1.12. The molecule has 7 aliphatic rings. The SMILES string of the molecule is CC[C@H]1O[C@@H](n2cc(C)c(=O)[nH]c2=O)C[C@H]1OP(O)(=S)OC[C@H]1O[C@@H](n2cnc3c(=O)[nH]c(N)nc32)C[C@H]1OP(O)(=S)OC[C@H]1O[C@@H](n2cnc3c(N)ncnc32)C[C@H]1OP(O)(=S)OC[C@H]1O[C@@H](n2cnc3c(N)ncnc32)C[C@H]1OP(O)(=S)OC[C@H]1O[C@@H](n2cnc3c(=O)[nH]c(N)nc32)C[C@H]1OP(O)(=S)OC[C@H]1O[C@@H](n2cc(C)c(N)nc2=O)C[C@H]1OP(O)(=S)OC[C@H]1O[C@@H](n2cnc3c(=O)[nH]c(N)nc32)C[C@H]1OP(O)(=S)OC. The maximum Gasteiger partial charge on any atom is 0.351 e. The van der Waals surface area contributed by atoms with Gasteiger partial charge in [-0.05, 0) is 103 Å². The first-order valence-electron chi connectivity index (χ1n) is 44.8. The molecule has 0 bridgehead atoms. The number of H-pyrrole nitrogens is 4. The molecular weight excluding hydrogens is 2270 g/mol. The molecule has 0 spiro atoms. The Labute approximate surface area is 875 Å². The summed E-state index contributed by atoms with van der Waals surface area (Å²) in [6, 6.07) is 0. The van der Waals surface area contributed by atoms with Crippen LogP contribution in [-0.4, -0.2) is 283 Å². The molecule has 0 saturated carbocycles. The Morgan fingerprint density at radius 1 is 0.327 bits per heavy atom. The maximum absolute atomic E-state index is 13.6. The first-order valence-corrected chi connectivity index (χ1v) is 62.9. The van der Waals surface area contributed by atoms with Gasteiger partial charge in [0.15, 0.2) is 56.4 Å². The fourth-order valence-corrected chi connectivity index (χ4v) is 27.6. The Morgan fingerprint density at radius 2 is 0.587 bits per heavy atom. The Bertz CT molecular complexity index is 7950. The van der Waals surface area contributed by atoms with Crippen molar-refractivity contribution in [1.82, 2.24) is 117 Å². The summed E-state index contributed by atoms with van der Waals surface area (Å²) in [5.74, 6) is -0.936. The summed E-state index contributed by atoms with van der Waals surface area (Å²) >= 11 is 39.4. The zero-order valence-electron chi connectivity index (χ0n) is 77.8. The molecule has 78 heteroatoms. The van der Waals surface area contributed by atoms with Gasteiger partial charge >= 0.3 is 58.4 Å². The molecule has 64 nitrogen and oxygen atoms in total. The van der Waals surface area contributed by atoms with Crippen LogP contribution >= 0.6 is 47.0 Å². The summed E-state index contributed by atoms with van der Waals surface area (Å²) in [4.78, 5) is 226. The van der Waals surface area contributed by atoms with Crippen molar-refractivity contribution < 1.29 is 131 Å². The lowest BCUT2D eigenvalue weighted by molar-refractivity contribution is -0.0565. The number of hydrogen-bond donors (Lipinski definition) is 17. The standard InChI is InChI=1S/C72H93N30O34P7S7/c1-5-30-31(6-44(123-30)97-14-29(3)64(103)95-72(97)108)131-138(110,145)117-19-42-36(11-49(128-42)101-26-86-54-62(101)90-69(77)93-66(54)105)136-143(115,150)121-18-41-34(9-46(126-41)98-23-83-51-57(74)79-21-81-59(51)98)133-141(113,148)120-17-40-35(10-47(125-40)99-24-84-52-58(75)80-22-82-60(52)99)134-142(114,149)122-20-43-37(12-50(129-43)102-27-87-55-63(102)91-70(78)94-67(55)106)135-140(112,147)119-16-39-33(7-45(124-39)96-13-28(2)56(73)88-71(96)107)132-139(111,146)118-15-38-32(130-137(109,144)116-4)8-48(127-38)100-25-85-53-61(100)89-68(76)92-65(53)104/h13-14,21-27,30-50H,5-12,15-20H2,1-4H3,(H,109,144)(H,110,145)(H,111,146)(H,112,147)(H,113,148)(H,114,149)(H,115,150)(H2,73,88,107)(H2,74,79,81)(H2,75,80,82)(H,95,103,108)(H3,76,89,92,104)(H3,77,90,93,105)(H3,78,91,94,106)/t30-,31-,32-,33-,34-,35-,36-,37-,38-,39-,40-,41-,42-,43-,44-,45-,46-,47-,48-,49-,50-,137?,138?,139?,140?,141?,142?,143?/m1/s1. The number of anilines is 6. The van der Waals surface area contributed by atoms with E-state index in [9.17, 15) is 63.0 Å². The monoisotopic (exact) mass is 2360 g/mol. The van der Waals surface area contributed by atoms with Crippen LogP contribution in [0.2, 0.25) is 0 Å². The predicted octanol–water partition coefficient (Wildman–Crippen LogP) is 0.365. The lowest BCUT2D eigenvalue weighted by atomic mass is 10.1. The average Bonchev–Trinajstić information content (AvgIpc) is 1.63. The molecule has 0 amide bonds. The quantitative estimate of drug-likeness (QED) is 0.0230. The van der Waals surface area contributed by atoms with Gasteiger partial charge in [0.2, 0.25) is 17.8 Å². The molecule has 19 rings (SSSR count). The number of nitrogens with one attached hydrogen (secondary N) is 4. The van der Waals surface area contributed by atoms with E-state index in [1.165, 1.54) is 91.0 Å². The minimum absolute atomic E-state index is 0.00156. The Morgan fingerprint density at radius 3 is 0.887 bits per heavy atom. The number of aromatic nitrogens is 24. The van der Waals surface area contributed by atoms with E-state index < -0.39 is 249 Å². The number of aromatic amines is 4. The minimum atomic E-state index is -4.73. The van der Waals surface area contributed by atoms with Crippen molar-refractivity contribution in [3.8, 4) is 0 Å². The molecule has 0 aromatic carbocycles. The minimum Gasteiger partial charge on any atom is -0.383 e. The largest absolute Gasteiger partial charge is 0.383 e. The van der Waals surface area contributed by atoms with E-state index in [-0.39, 0.29) is 142 Å². The van der Waals surface area contributed by atoms with Crippen molar-refractivity contribution in [2.75, 3.05) is 81.2 Å². The lowest BCUT2D eigenvalue weighted by Crippen LogP contribution is -2.33. The molecule has 12 aromatic rings. The molecule has 19 heterocycles. The van der Waals surface area contributed by atoms with Crippen LogP contribution < -0.4 is 68.0 Å². The highest BCUT2D eigenvalue weighted by Crippen LogP contribution is 2.59. The zero-order chi connectivity index (χ0) is 107. The Kier molecular flexibility index (Phi) is 32.2. The number of hydrogen-bond acceptors (Lipinski definition) is 53. The molecule has 7 saturated heterocycles. The summed E-state index contributed by atoms with van der Waals surface area (Å²) in [5.41, 5.74) is 32.8. The van der Waals surface area contributed by atoms with Crippen molar-refractivity contribution in [1.29, 1.82) is 0 Å². The van der Waals surface area contributed by atoms with Gasteiger partial charge in [-0.2, -0.15) is 19.9 Å². The highest BCUT2D eigenvalue weighted by Gasteiger charge is 2.52. The third-order valence-electron chi connectivity index (χ3n) is 24.8. The van der Waals surface area contributed by atoms with Crippen molar-refractivity contribution in [3.05, 3.63) is 130 Å². The molecule has 0 radical (unpaired) electrons. The highest BCUT2D eigenvalue weighted by molar-refractivity contribution is 8.09. The number of aryl methyl sites for hydroxylation is 2. The van der Waals surface area contributed by atoms with Gasteiger partial charge in [-0.25, -0.2) is 54.4 Å². The molecule has 7 aliphatic heterocycles. The fraction of sp³-hybridized carbons (Fsp3) is 0.542. The van der Waals surface area contributed by atoms with Crippen molar-refractivity contribution in [3.63, 3.8) is 0 Å². The van der Waals surface area contributed by atoms with E-state index in [0.717, 1.165) is 11.7 Å². The van der Waals surface area contributed by atoms with Gasteiger partial charge < -0.3 is 165 Å². The molecule has 812 valence electrons. The Balaban J connectivity index is 0.546. The van der Waals surface area contributed by atoms with Crippen molar-refractivity contribution in [2.24, 2.45) is 0 Å². The smallest absolute Gasteiger partial charge is 0.351 e. The summed E-state index contributed by atoms with van der Waals surface area (Å²) in [6.45, 7) is -31.0. The first-order chi connectivity index (χ1) is 71.0. The maximum atomic E-state index is 13.6. The third kappa shape index (κ3) is 24.4. The molecule has 0 aliphatic carbocycles. The van der Waals surface area contributed by atoms with Gasteiger partial charge in [-0.3, -0.25) is 71.1 Å². The van der Waals surface area contributed by atoms with Gasteiger partial charge in [0.25, 0.3) is 22.2 Å². The number of ether oxygens (including phenoxy) is 7. The third-order valence-corrected chi connectivity index (χ3v) is 36.0. The first kappa shape index (κ1) is 110. The van der Waals surface area contributed by atoms with E-state index >= 15 is 0 Å². The number of imidazole rings is 5. The van der Waals surface area contributed by atoms with E-state index in [0.29, 0.717) is 12.0 Å². The zero-order valence-corrected chi connectivity index (χ0v) is 89.7. The topological polar surface area (TPSA) is 859 Å². The van der Waals surface area contributed by atoms with Crippen LogP contribution in [-0.2, 0) is 179 Å². The van der Waals surface area contributed by atoms with Gasteiger partial charge in [-0.15, -0.1) is 0 Å². The van der Waals surface area contributed by atoms with Gasteiger partial charge in [0.05, 0.1) is 120 Å². The number of nitrogens with zero attached hydrogens (tertiary/aromatic N) is 20. The lowest BCUT2D eigenvalue weighted by Gasteiger charge is -2.29. The average molecular weight is 2360 g/mol. The number of nitrogen functional groups attached to an aromatic ring is 6. The van der Waals surface area contributed by atoms with Gasteiger partial charge in [0, 0.05) is 75.6 Å². The van der Waals surface area contributed by atoms with Crippen LogP contribution in [0, 0.1) is 13.8 Å². The van der Waals surface area contributed by atoms with Crippen LogP contribution in [0.15, 0.2) is 85.5 Å². The van der Waals surface area contributed by atoms with Crippen molar-refractivity contribution >= 4 is 221 Å². The van der Waals surface area contributed by atoms with Crippen LogP contribution in [0.1, 0.15) is 113 Å². The molecule has 150 heavy (non-hydrogen) atoms. The number of nitrogens with two attached hydrogens (primary N) is 6. The predicted molar refractivity (Wildman–Crippen MR) is 543 cm³/mol. The fourth-order valence-electron chi connectivity index (χ4n) is 17.8. The summed E-state index contributed by atoms with van der Waals surface area (Å²) in [5, 5.41) is 0. The molecule has 28 atom stereocenters. The van der Waals surface area contributed by atoms with E-state index in [1.807, 2.05) is 0 Å². The molecule has 23 N–H and O–H groups in total. The van der Waals surface area contributed by atoms with Crippen molar-refractivity contribution in [2.45, 2.75) is 201 Å². The molecule has 7 fully saturated rings. The van der Waals surface area contributed by atoms with Crippen LogP contribution in [0.4, 0.5) is 35.3 Å². The molecule has 7 unspecified atom stereocenters. The van der Waals surface area contributed by atoms with Crippen LogP contribution in [0.5, 0.6) is 0 Å². The normalized spacial score (nSPS) is 29.1. The van der Waals surface area contributed by atoms with Crippen LogP contribution in [0.25, 0.3) is 55.8 Å². The van der Waals surface area contributed by atoms with E-state index in [4.69, 9.17) is 214 Å². The second kappa shape index (κ2) is 43.8. The summed E-state index contributed by atoms with van der Waals surface area (Å²) < 4.78 is 139.